The average molecular weight is 250 g/mol. The van der Waals surface area contributed by atoms with Gasteiger partial charge in [0, 0.05) is 4.47 Å². The first-order valence-electron chi connectivity index (χ1n) is 4.38. The molecule has 0 heterocycles. The highest BCUT2D eigenvalue weighted by Gasteiger charge is 2.45. The second-order valence-electron chi connectivity index (χ2n) is 3.58. The number of rotatable bonds is 2. The highest BCUT2D eigenvalue weighted by molar-refractivity contribution is 9.10. The maximum absolute atomic E-state index is 10.9. The van der Waals surface area contributed by atoms with E-state index in [9.17, 15) is 4.79 Å². The van der Waals surface area contributed by atoms with Crippen molar-refractivity contribution < 1.29 is 4.79 Å². The van der Waals surface area contributed by atoms with Crippen molar-refractivity contribution in [3.05, 3.63) is 33.8 Å². The smallest absolute Gasteiger partial charge is 0.130 e. The summed E-state index contributed by atoms with van der Waals surface area (Å²) in [6, 6.07) is 7.45. The predicted octanol–water partition coefficient (Wildman–Crippen LogP) is 2.55. The predicted molar refractivity (Wildman–Crippen MR) is 55.8 cm³/mol. The van der Waals surface area contributed by atoms with E-state index in [1.807, 2.05) is 6.07 Å². The molecule has 1 aromatic carbocycles. The van der Waals surface area contributed by atoms with E-state index in [4.69, 9.17) is 5.26 Å². The van der Waals surface area contributed by atoms with Crippen LogP contribution in [0.15, 0.2) is 22.7 Å². The average Bonchev–Trinajstić information content (AvgIpc) is 2.99. The molecule has 1 saturated carbocycles. The number of aldehydes is 1. The molecule has 0 N–H and O–H groups in total. The third-order valence-corrected chi connectivity index (χ3v) is 3.34. The van der Waals surface area contributed by atoms with Gasteiger partial charge in [0.05, 0.1) is 17.0 Å². The van der Waals surface area contributed by atoms with Crippen LogP contribution in [0.25, 0.3) is 0 Å². The molecule has 0 spiro atoms. The van der Waals surface area contributed by atoms with E-state index in [2.05, 4.69) is 22.0 Å². The third-order valence-electron chi connectivity index (χ3n) is 2.65. The number of hydrogen-bond donors (Lipinski definition) is 0. The van der Waals surface area contributed by atoms with Crippen molar-refractivity contribution in [3.63, 3.8) is 0 Å². The Morgan fingerprint density at radius 1 is 1.50 bits per heavy atom. The molecule has 0 atom stereocenters. The molecule has 0 saturated heterocycles. The van der Waals surface area contributed by atoms with E-state index in [-0.39, 0.29) is 5.41 Å². The molecule has 0 bridgehead atoms. The van der Waals surface area contributed by atoms with Gasteiger partial charge in [-0.1, -0.05) is 15.9 Å². The molecule has 2 rings (SSSR count). The van der Waals surface area contributed by atoms with E-state index < -0.39 is 0 Å². The molecule has 0 radical (unpaired) electrons. The zero-order valence-electron chi connectivity index (χ0n) is 7.46. The minimum Gasteiger partial charge on any atom is -0.302 e. The largest absolute Gasteiger partial charge is 0.302 e. The number of benzene rings is 1. The van der Waals surface area contributed by atoms with Gasteiger partial charge < -0.3 is 4.79 Å². The molecule has 1 aliphatic carbocycles. The summed E-state index contributed by atoms with van der Waals surface area (Å²) in [6.45, 7) is 0. The van der Waals surface area contributed by atoms with Crippen LogP contribution in [0.2, 0.25) is 0 Å². The minimum absolute atomic E-state index is 0.314. The van der Waals surface area contributed by atoms with Crippen molar-refractivity contribution in [3.8, 4) is 6.07 Å². The van der Waals surface area contributed by atoms with Crippen molar-refractivity contribution in [2.24, 2.45) is 0 Å². The quantitative estimate of drug-likeness (QED) is 0.757. The number of halogens is 1. The first-order valence-corrected chi connectivity index (χ1v) is 5.18. The van der Waals surface area contributed by atoms with Crippen LogP contribution in [0, 0.1) is 11.3 Å². The van der Waals surface area contributed by atoms with E-state index in [1.54, 1.807) is 12.1 Å². The molecule has 0 unspecified atom stereocenters. The molecule has 1 aliphatic rings. The summed E-state index contributed by atoms with van der Waals surface area (Å²) in [5.74, 6) is 0. The van der Waals surface area contributed by atoms with Gasteiger partial charge >= 0.3 is 0 Å². The van der Waals surface area contributed by atoms with Crippen molar-refractivity contribution >= 4 is 22.2 Å². The summed E-state index contributed by atoms with van der Waals surface area (Å²) in [6.07, 6.45) is 2.78. The fourth-order valence-corrected chi connectivity index (χ4v) is 2.20. The molecule has 2 nitrogen and oxygen atoms in total. The van der Waals surface area contributed by atoms with Gasteiger partial charge in [0.25, 0.3) is 0 Å². The Morgan fingerprint density at radius 2 is 2.21 bits per heavy atom. The van der Waals surface area contributed by atoms with Crippen LogP contribution in [0.1, 0.15) is 24.0 Å². The van der Waals surface area contributed by atoms with E-state index >= 15 is 0 Å². The van der Waals surface area contributed by atoms with E-state index in [0.29, 0.717) is 5.56 Å². The van der Waals surface area contributed by atoms with Gasteiger partial charge in [-0.15, -0.1) is 0 Å². The number of hydrogen-bond acceptors (Lipinski definition) is 2. The molecule has 70 valence electrons. The number of nitriles is 1. The van der Waals surface area contributed by atoms with E-state index in [1.165, 1.54) is 0 Å². The highest BCUT2D eigenvalue weighted by atomic mass is 79.9. The van der Waals surface area contributed by atoms with Gasteiger partial charge in [0.15, 0.2) is 0 Å². The lowest BCUT2D eigenvalue weighted by atomic mass is 9.96. The van der Waals surface area contributed by atoms with Gasteiger partial charge in [0.1, 0.15) is 6.29 Å². The first-order chi connectivity index (χ1) is 6.72. The summed E-state index contributed by atoms with van der Waals surface area (Å²) in [7, 11) is 0. The van der Waals surface area contributed by atoms with Gasteiger partial charge in [-0.05, 0) is 36.6 Å². The van der Waals surface area contributed by atoms with Gasteiger partial charge in [-0.25, -0.2) is 0 Å². The Hall–Kier alpha value is -1.14. The van der Waals surface area contributed by atoms with Crippen molar-refractivity contribution in [2.75, 3.05) is 0 Å². The summed E-state index contributed by atoms with van der Waals surface area (Å²) in [4.78, 5) is 10.9. The van der Waals surface area contributed by atoms with Crippen molar-refractivity contribution in [1.82, 2.24) is 0 Å². The van der Waals surface area contributed by atoms with Crippen LogP contribution in [-0.4, -0.2) is 6.29 Å². The standard InChI is InChI=1S/C11H8BrNO/c12-10-2-1-8(6-13)5-9(10)11(7-14)3-4-11/h1-2,5,7H,3-4H2. The molecule has 0 aromatic heterocycles. The Bertz CT molecular complexity index is 429. The number of carbonyl (C=O) groups excluding carboxylic acids is 1. The molecule has 14 heavy (non-hydrogen) atoms. The van der Waals surface area contributed by atoms with Gasteiger partial charge in [-0.3, -0.25) is 0 Å². The van der Waals surface area contributed by atoms with Crippen molar-refractivity contribution in [2.45, 2.75) is 18.3 Å². The fraction of sp³-hybridized carbons (Fsp3) is 0.273. The van der Waals surface area contributed by atoms with Crippen LogP contribution < -0.4 is 0 Å². The lowest BCUT2D eigenvalue weighted by molar-refractivity contribution is -0.109. The van der Waals surface area contributed by atoms with Crippen LogP contribution in [0.5, 0.6) is 0 Å². The summed E-state index contributed by atoms with van der Waals surface area (Å²) in [5.41, 5.74) is 1.24. The van der Waals surface area contributed by atoms with E-state index in [0.717, 1.165) is 29.2 Å². The summed E-state index contributed by atoms with van der Waals surface area (Å²) >= 11 is 3.41. The zero-order chi connectivity index (χ0) is 10.2. The lowest BCUT2D eigenvalue weighted by Crippen LogP contribution is -2.08. The molecule has 0 aliphatic heterocycles. The van der Waals surface area contributed by atoms with Crippen LogP contribution in [0.4, 0.5) is 0 Å². The first kappa shape index (κ1) is 9.42. The SMILES string of the molecule is N#Cc1ccc(Br)c(C2(C=O)CC2)c1. The molecule has 1 fully saturated rings. The van der Waals surface area contributed by atoms with Gasteiger partial charge in [0.2, 0.25) is 0 Å². The Kier molecular flexibility index (Phi) is 2.16. The molecule has 1 aromatic rings. The van der Waals surface area contributed by atoms with Crippen LogP contribution in [-0.2, 0) is 10.2 Å². The maximum atomic E-state index is 10.9. The maximum Gasteiger partial charge on any atom is 0.130 e. The third kappa shape index (κ3) is 1.36. The Morgan fingerprint density at radius 3 is 2.71 bits per heavy atom. The second-order valence-corrected chi connectivity index (χ2v) is 4.43. The zero-order valence-corrected chi connectivity index (χ0v) is 9.04. The normalized spacial score (nSPS) is 17.1. The molecule has 0 amide bonds. The highest BCUT2D eigenvalue weighted by Crippen LogP contribution is 2.48. The molecular weight excluding hydrogens is 242 g/mol. The summed E-state index contributed by atoms with van der Waals surface area (Å²) < 4.78 is 0.918. The molecule has 3 heteroatoms. The Balaban J connectivity index is 2.52. The second kappa shape index (κ2) is 3.21. The van der Waals surface area contributed by atoms with Crippen LogP contribution in [0.3, 0.4) is 0 Å². The van der Waals surface area contributed by atoms with Gasteiger partial charge in [-0.2, -0.15) is 5.26 Å². The Labute approximate surface area is 90.7 Å². The minimum atomic E-state index is -0.314. The van der Waals surface area contributed by atoms with Crippen molar-refractivity contribution in [1.29, 1.82) is 5.26 Å². The molecular formula is C11H8BrNO. The van der Waals surface area contributed by atoms with Crippen LogP contribution >= 0.6 is 15.9 Å². The topological polar surface area (TPSA) is 40.9 Å². The number of carbonyl (C=O) groups is 1. The summed E-state index contributed by atoms with van der Waals surface area (Å²) in [5, 5.41) is 8.76. The fourth-order valence-electron chi connectivity index (χ4n) is 1.56. The lowest BCUT2D eigenvalue weighted by Gasteiger charge is -2.09. The monoisotopic (exact) mass is 249 g/mol. The number of nitrogens with zero attached hydrogens (tertiary/aromatic N) is 1.